The molecular formula is C25H18ClN3O2S. The molecule has 5 nitrogen and oxygen atoms in total. The van der Waals surface area contributed by atoms with Crippen molar-refractivity contribution in [2.45, 2.75) is 17.8 Å². The number of aromatic nitrogens is 3. The Kier molecular flexibility index (Phi) is 5.55. The number of rotatable bonds is 5. The molecule has 0 spiro atoms. The number of aryl methyl sites for hydroxylation is 1. The zero-order valence-corrected chi connectivity index (χ0v) is 18.7. The summed E-state index contributed by atoms with van der Waals surface area (Å²) in [5, 5.41) is 11.2. The molecule has 5 rings (SSSR count). The zero-order valence-electron chi connectivity index (χ0n) is 17.2. The van der Waals surface area contributed by atoms with Crippen molar-refractivity contribution in [1.29, 1.82) is 0 Å². The Morgan fingerprint density at radius 1 is 0.969 bits per heavy atom. The van der Waals surface area contributed by atoms with Crippen molar-refractivity contribution < 1.29 is 4.42 Å². The fourth-order valence-electron chi connectivity index (χ4n) is 3.56. The molecule has 0 bridgehead atoms. The van der Waals surface area contributed by atoms with Gasteiger partial charge in [0.1, 0.15) is 5.58 Å². The maximum Gasteiger partial charge on any atom is 0.336 e. The van der Waals surface area contributed by atoms with Crippen molar-refractivity contribution in [3.05, 3.63) is 105 Å². The van der Waals surface area contributed by atoms with Crippen LogP contribution in [-0.2, 0) is 5.75 Å². The van der Waals surface area contributed by atoms with Crippen LogP contribution in [0.15, 0.2) is 93.2 Å². The molecule has 0 aliphatic rings. The Morgan fingerprint density at radius 2 is 1.75 bits per heavy atom. The fraction of sp³-hybridized carbons (Fsp3) is 0.0800. The van der Waals surface area contributed by atoms with E-state index in [0.29, 0.717) is 16.4 Å². The van der Waals surface area contributed by atoms with Gasteiger partial charge >= 0.3 is 5.63 Å². The van der Waals surface area contributed by atoms with Gasteiger partial charge in [-0.25, -0.2) is 4.79 Å². The molecule has 5 aromatic rings. The third-order valence-corrected chi connectivity index (χ3v) is 6.32. The largest absolute Gasteiger partial charge is 0.423 e. The molecule has 2 heterocycles. The second-order valence-electron chi connectivity index (χ2n) is 7.36. The van der Waals surface area contributed by atoms with Gasteiger partial charge < -0.3 is 4.42 Å². The van der Waals surface area contributed by atoms with Crippen LogP contribution in [0.1, 0.15) is 11.1 Å². The van der Waals surface area contributed by atoms with E-state index in [-0.39, 0.29) is 5.63 Å². The quantitative estimate of drug-likeness (QED) is 0.228. The standard InChI is InChI=1S/C25H18ClN3O2S/c1-16-7-12-21-18(14-23(30)31-22(21)13-16)15-32-25-28-27-24(17-5-3-2-4-6-17)29(25)20-10-8-19(26)9-11-20/h2-14H,15H2,1H3. The molecule has 3 aromatic carbocycles. The van der Waals surface area contributed by atoms with Gasteiger partial charge in [-0.2, -0.15) is 0 Å². The Morgan fingerprint density at radius 3 is 2.53 bits per heavy atom. The highest BCUT2D eigenvalue weighted by Gasteiger charge is 2.17. The van der Waals surface area contributed by atoms with Crippen LogP contribution in [0, 0.1) is 6.92 Å². The molecule has 0 unspecified atom stereocenters. The lowest BCUT2D eigenvalue weighted by atomic mass is 10.1. The molecule has 0 atom stereocenters. The molecular weight excluding hydrogens is 442 g/mol. The molecule has 0 radical (unpaired) electrons. The van der Waals surface area contributed by atoms with Gasteiger partial charge in [0.15, 0.2) is 11.0 Å². The van der Waals surface area contributed by atoms with Gasteiger partial charge in [-0.05, 0) is 48.4 Å². The lowest BCUT2D eigenvalue weighted by molar-refractivity contribution is 0.559. The number of fused-ring (bicyclic) bond motifs is 1. The summed E-state index contributed by atoms with van der Waals surface area (Å²) < 4.78 is 7.40. The summed E-state index contributed by atoms with van der Waals surface area (Å²) in [5.74, 6) is 1.29. The lowest BCUT2D eigenvalue weighted by Crippen LogP contribution is -2.02. The Balaban J connectivity index is 1.56. The van der Waals surface area contributed by atoms with Crippen molar-refractivity contribution in [3.8, 4) is 17.1 Å². The van der Waals surface area contributed by atoms with E-state index in [1.165, 1.54) is 11.8 Å². The summed E-state index contributed by atoms with van der Waals surface area (Å²) in [6.45, 7) is 1.97. The maximum atomic E-state index is 12.1. The first-order chi connectivity index (χ1) is 15.6. The van der Waals surface area contributed by atoms with Gasteiger partial charge in [0.25, 0.3) is 0 Å². The van der Waals surface area contributed by atoms with E-state index in [0.717, 1.165) is 38.7 Å². The first kappa shape index (κ1) is 20.5. The SMILES string of the molecule is Cc1ccc2c(CSc3nnc(-c4ccccc4)n3-c3ccc(Cl)cc3)cc(=O)oc2c1. The van der Waals surface area contributed by atoms with Crippen molar-refractivity contribution in [2.24, 2.45) is 0 Å². The second kappa shape index (κ2) is 8.65. The third-order valence-electron chi connectivity index (χ3n) is 5.09. The Labute approximate surface area is 193 Å². The average Bonchev–Trinajstić information content (AvgIpc) is 3.22. The van der Waals surface area contributed by atoms with Crippen LogP contribution in [-0.4, -0.2) is 14.8 Å². The van der Waals surface area contributed by atoms with Crippen LogP contribution in [0.2, 0.25) is 5.02 Å². The Bertz CT molecular complexity index is 1460. The van der Waals surface area contributed by atoms with E-state index >= 15 is 0 Å². The van der Waals surface area contributed by atoms with E-state index in [1.807, 2.05) is 84.3 Å². The van der Waals surface area contributed by atoms with Crippen LogP contribution in [0.4, 0.5) is 0 Å². The summed E-state index contributed by atoms with van der Waals surface area (Å²) in [5.41, 5.74) is 4.05. The lowest BCUT2D eigenvalue weighted by Gasteiger charge is -2.11. The molecule has 0 saturated carbocycles. The minimum atomic E-state index is -0.358. The van der Waals surface area contributed by atoms with Crippen LogP contribution >= 0.6 is 23.4 Å². The van der Waals surface area contributed by atoms with Gasteiger partial charge in [-0.15, -0.1) is 10.2 Å². The third kappa shape index (κ3) is 4.07. The van der Waals surface area contributed by atoms with Gasteiger partial charge in [0.05, 0.1) is 0 Å². The van der Waals surface area contributed by atoms with Crippen molar-refractivity contribution >= 4 is 34.3 Å². The minimum absolute atomic E-state index is 0.358. The minimum Gasteiger partial charge on any atom is -0.423 e. The maximum absolute atomic E-state index is 12.1. The van der Waals surface area contributed by atoms with Gasteiger partial charge in [-0.3, -0.25) is 4.57 Å². The van der Waals surface area contributed by atoms with E-state index in [4.69, 9.17) is 16.0 Å². The topological polar surface area (TPSA) is 60.9 Å². The van der Waals surface area contributed by atoms with Crippen LogP contribution in [0.5, 0.6) is 0 Å². The summed E-state index contributed by atoms with van der Waals surface area (Å²) in [6, 6.07) is 24.9. The summed E-state index contributed by atoms with van der Waals surface area (Å²) in [4.78, 5) is 12.1. The predicted molar refractivity (Wildman–Crippen MR) is 129 cm³/mol. The molecule has 0 fully saturated rings. The number of thioether (sulfide) groups is 1. The molecule has 158 valence electrons. The van der Waals surface area contributed by atoms with Crippen LogP contribution < -0.4 is 5.63 Å². The van der Waals surface area contributed by atoms with Gasteiger partial charge in [0.2, 0.25) is 0 Å². The smallest absolute Gasteiger partial charge is 0.336 e. The fourth-order valence-corrected chi connectivity index (χ4v) is 4.63. The number of hydrogen-bond donors (Lipinski definition) is 0. The molecule has 0 aliphatic heterocycles. The molecule has 0 aliphatic carbocycles. The molecule has 0 saturated heterocycles. The molecule has 7 heteroatoms. The van der Waals surface area contributed by atoms with Crippen LogP contribution in [0.25, 0.3) is 28.0 Å². The normalized spacial score (nSPS) is 11.2. The van der Waals surface area contributed by atoms with Crippen molar-refractivity contribution in [1.82, 2.24) is 14.8 Å². The van der Waals surface area contributed by atoms with E-state index in [2.05, 4.69) is 10.2 Å². The monoisotopic (exact) mass is 459 g/mol. The van der Waals surface area contributed by atoms with Crippen LogP contribution in [0.3, 0.4) is 0 Å². The molecule has 0 N–H and O–H groups in total. The first-order valence-electron chi connectivity index (χ1n) is 10.0. The van der Waals surface area contributed by atoms with Crippen molar-refractivity contribution in [2.75, 3.05) is 0 Å². The highest BCUT2D eigenvalue weighted by Crippen LogP contribution is 2.31. The number of hydrogen-bond acceptors (Lipinski definition) is 5. The number of benzene rings is 3. The van der Waals surface area contributed by atoms with Gasteiger partial charge in [0, 0.05) is 33.5 Å². The predicted octanol–water partition coefficient (Wildman–Crippen LogP) is 6.29. The second-order valence-corrected chi connectivity index (χ2v) is 8.74. The molecule has 2 aromatic heterocycles. The highest BCUT2D eigenvalue weighted by atomic mass is 35.5. The Hall–Kier alpha value is -3.35. The van der Waals surface area contributed by atoms with E-state index in [9.17, 15) is 4.79 Å². The first-order valence-corrected chi connectivity index (χ1v) is 11.4. The van der Waals surface area contributed by atoms with Gasteiger partial charge in [-0.1, -0.05) is 65.8 Å². The number of halogens is 1. The van der Waals surface area contributed by atoms with E-state index < -0.39 is 0 Å². The zero-order chi connectivity index (χ0) is 22.1. The molecule has 32 heavy (non-hydrogen) atoms. The summed E-state index contributed by atoms with van der Waals surface area (Å²) in [7, 11) is 0. The number of nitrogens with zero attached hydrogens (tertiary/aromatic N) is 3. The van der Waals surface area contributed by atoms with E-state index in [1.54, 1.807) is 6.07 Å². The van der Waals surface area contributed by atoms with Crippen molar-refractivity contribution in [3.63, 3.8) is 0 Å². The molecule has 0 amide bonds. The summed E-state index contributed by atoms with van der Waals surface area (Å²) >= 11 is 7.63. The summed E-state index contributed by atoms with van der Waals surface area (Å²) in [6.07, 6.45) is 0. The average molecular weight is 460 g/mol. The highest BCUT2D eigenvalue weighted by molar-refractivity contribution is 7.98.